The van der Waals surface area contributed by atoms with E-state index in [0.29, 0.717) is 12.3 Å². The third-order valence-corrected chi connectivity index (χ3v) is 7.07. The van der Waals surface area contributed by atoms with Gasteiger partial charge in [-0.1, -0.05) is 49.9 Å². The number of hydrogen-bond acceptors (Lipinski definition) is 6. The summed E-state index contributed by atoms with van der Waals surface area (Å²) in [5.41, 5.74) is 0.733. The van der Waals surface area contributed by atoms with Crippen molar-refractivity contribution in [3.05, 3.63) is 52.2 Å². The van der Waals surface area contributed by atoms with Crippen LogP contribution < -0.4 is 5.56 Å². The molecular formula is C20H25N5OS2. The molecule has 6 nitrogen and oxygen atoms in total. The number of thioether (sulfide) groups is 1. The van der Waals surface area contributed by atoms with Crippen LogP contribution in [0.5, 0.6) is 0 Å². The van der Waals surface area contributed by atoms with Gasteiger partial charge in [0.05, 0.1) is 5.69 Å². The van der Waals surface area contributed by atoms with Gasteiger partial charge in [0.15, 0.2) is 10.1 Å². The molecule has 0 bridgehead atoms. The Balaban J connectivity index is 1.45. The maximum absolute atomic E-state index is 12.2. The molecule has 148 valence electrons. The average molecular weight is 416 g/mol. The van der Waals surface area contributed by atoms with E-state index in [9.17, 15) is 4.79 Å². The van der Waals surface area contributed by atoms with Gasteiger partial charge in [0, 0.05) is 36.4 Å². The van der Waals surface area contributed by atoms with Gasteiger partial charge < -0.3 is 4.57 Å². The van der Waals surface area contributed by atoms with E-state index in [0.717, 1.165) is 34.0 Å². The molecule has 1 saturated carbocycles. The standard InChI is InChI=1S/C20H25N5OS2/c1-2-10-24-17(9-8-15-6-4-3-5-7-15)22-23-20(24)28-14-16-13-18(26)25-11-12-27-19(25)21-16/h2,11-13,15H,1,3-10,14H2. The Hall–Kier alpha value is -1.93. The van der Waals surface area contributed by atoms with Gasteiger partial charge in [-0.05, 0) is 12.3 Å². The third-order valence-electron chi connectivity index (χ3n) is 5.31. The first kappa shape index (κ1) is 19.4. The molecule has 0 aliphatic heterocycles. The van der Waals surface area contributed by atoms with Crippen LogP contribution in [0.2, 0.25) is 0 Å². The average Bonchev–Trinajstić information content (AvgIpc) is 3.33. The molecule has 4 rings (SSSR count). The number of hydrogen-bond donors (Lipinski definition) is 0. The lowest BCUT2D eigenvalue weighted by Crippen LogP contribution is -2.12. The zero-order valence-electron chi connectivity index (χ0n) is 15.9. The van der Waals surface area contributed by atoms with E-state index in [1.807, 2.05) is 11.5 Å². The third kappa shape index (κ3) is 4.38. The second-order valence-electron chi connectivity index (χ2n) is 7.27. The lowest BCUT2D eigenvalue weighted by atomic mass is 9.86. The smallest absolute Gasteiger partial charge is 0.258 e. The molecule has 0 saturated heterocycles. The minimum absolute atomic E-state index is 0.0393. The predicted molar refractivity (Wildman–Crippen MR) is 114 cm³/mol. The molecule has 0 spiro atoms. The zero-order valence-corrected chi connectivity index (χ0v) is 17.6. The van der Waals surface area contributed by atoms with Crippen molar-refractivity contribution < 1.29 is 0 Å². The highest BCUT2D eigenvalue weighted by Crippen LogP contribution is 2.28. The van der Waals surface area contributed by atoms with Crippen molar-refractivity contribution in [1.82, 2.24) is 24.1 Å². The molecule has 0 amide bonds. The molecule has 0 unspecified atom stereocenters. The number of aromatic nitrogens is 5. The fourth-order valence-corrected chi connectivity index (χ4v) is 5.43. The molecule has 0 radical (unpaired) electrons. The quantitative estimate of drug-likeness (QED) is 0.404. The molecule has 0 aromatic carbocycles. The van der Waals surface area contributed by atoms with Gasteiger partial charge in [-0.25, -0.2) is 4.98 Å². The largest absolute Gasteiger partial charge is 0.302 e. The van der Waals surface area contributed by atoms with Crippen molar-refractivity contribution in [2.75, 3.05) is 0 Å². The van der Waals surface area contributed by atoms with Crippen molar-refractivity contribution >= 4 is 28.1 Å². The maximum Gasteiger partial charge on any atom is 0.258 e. The summed E-state index contributed by atoms with van der Waals surface area (Å²) in [6.07, 6.45) is 12.6. The van der Waals surface area contributed by atoms with Crippen LogP contribution in [0, 0.1) is 5.92 Å². The van der Waals surface area contributed by atoms with Crippen molar-refractivity contribution in [2.45, 2.75) is 62.4 Å². The molecule has 3 aromatic rings. The molecule has 1 aliphatic rings. The number of allylic oxidation sites excluding steroid dienone is 1. The van der Waals surface area contributed by atoms with Crippen LogP contribution in [0.1, 0.15) is 50.0 Å². The Morgan fingerprint density at radius 1 is 1.29 bits per heavy atom. The van der Waals surface area contributed by atoms with Gasteiger partial charge in [-0.3, -0.25) is 9.20 Å². The number of aryl methyl sites for hydroxylation is 1. The monoisotopic (exact) mass is 415 g/mol. The molecule has 1 fully saturated rings. The van der Waals surface area contributed by atoms with E-state index in [1.165, 1.54) is 49.9 Å². The predicted octanol–water partition coefficient (Wildman–Crippen LogP) is 4.34. The summed E-state index contributed by atoms with van der Waals surface area (Å²) in [6, 6.07) is 1.60. The summed E-state index contributed by atoms with van der Waals surface area (Å²) in [4.78, 5) is 17.5. The molecule has 1 aliphatic carbocycles. The fourth-order valence-electron chi connectivity index (χ4n) is 3.83. The number of nitrogens with zero attached hydrogens (tertiary/aromatic N) is 5. The number of fused-ring (bicyclic) bond motifs is 1. The molecular weight excluding hydrogens is 390 g/mol. The summed E-state index contributed by atoms with van der Waals surface area (Å²) in [5, 5.41) is 11.6. The lowest BCUT2D eigenvalue weighted by Gasteiger charge is -2.21. The number of thiazole rings is 1. The van der Waals surface area contributed by atoms with Crippen LogP contribution >= 0.6 is 23.1 Å². The Labute approximate surface area is 172 Å². The molecule has 3 aromatic heterocycles. The first-order valence-corrected chi connectivity index (χ1v) is 11.7. The zero-order chi connectivity index (χ0) is 19.3. The van der Waals surface area contributed by atoms with Gasteiger partial charge in [0.25, 0.3) is 5.56 Å². The Kier molecular flexibility index (Phi) is 6.26. The van der Waals surface area contributed by atoms with Gasteiger partial charge in [0.1, 0.15) is 5.82 Å². The number of rotatable bonds is 8. The minimum atomic E-state index is -0.0393. The van der Waals surface area contributed by atoms with E-state index in [2.05, 4.69) is 26.3 Å². The SMILES string of the molecule is C=CCn1c(CCC2CCCCC2)nnc1SCc1cc(=O)n2ccsc2n1. The Morgan fingerprint density at radius 3 is 2.96 bits per heavy atom. The molecule has 28 heavy (non-hydrogen) atoms. The molecule has 3 heterocycles. The minimum Gasteiger partial charge on any atom is -0.302 e. The second kappa shape index (κ2) is 9.05. The topological polar surface area (TPSA) is 65.1 Å². The van der Waals surface area contributed by atoms with Gasteiger partial charge in [0.2, 0.25) is 0 Å². The van der Waals surface area contributed by atoms with Crippen LogP contribution in [0.15, 0.2) is 40.2 Å². The van der Waals surface area contributed by atoms with E-state index in [4.69, 9.17) is 0 Å². The van der Waals surface area contributed by atoms with E-state index >= 15 is 0 Å². The van der Waals surface area contributed by atoms with E-state index in [-0.39, 0.29) is 5.56 Å². The second-order valence-corrected chi connectivity index (χ2v) is 9.09. The highest BCUT2D eigenvalue weighted by molar-refractivity contribution is 7.98. The van der Waals surface area contributed by atoms with E-state index in [1.54, 1.807) is 28.4 Å². The summed E-state index contributed by atoms with van der Waals surface area (Å²) < 4.78 is 3.72. The van der Waals surface area contributed by atoms with Crippen LogP contribution in [0.25, 0.3) is 4.96 Å². The normalized spacial score (nSPS) is 15.3. The van der Waals surface area contributed by atoms with Gasteiger partial charge in [-0.15, -0.1) is 28.1 Å². The van der Waals surface area contributed by atoms with Crippen molar-refractivity contribution in [1.29, 1.82) is 0 Å². The van der Waals surface area contributed by atoms with E-state index < -0.39 is 0 Å². The summed E-state index contributed by atoms with van der Waals surface area (Å²) >= 11 is 3.05. The first-order chi connectivity index (χ1) is 13.7. The highest BCUT2D eigenvalue weighted by Gasteiger charge is 2.17. The van der Waals surface area contributed by atoms with Crippen LogP contribution in [0.3, 0.4) is 0 Å². The fraction of sp³-hybridized carbons (Fsp3) is 0.500. The van der Waals surface area contributed by atoms with Crippen molar-refractivity contribution in [3.63, 3.8) is 0 Å². The van der Waals surface area contributed by atoms with Crippen LogP contribution in [-0.2, 0) is 18.7 Å². The summed E-state index contributed by atoms with van der Waals surface area (Å²) in [6.45, 7) is 4.59. The highest BCUT2D eigenvalue weighted by atomic mass is 32.2. The Bertz CT molecular complexity index is 1000. The Morgan fingerprint density at radius 2 is 2.14 bits per heavy atom. The summed E-state index contributed by atoms with van der Waals surface area (Å²) in [5.74, 6) is 2.46. The summed E-state index contributed by atoms with van der Waals surface area (Å²) in [7, 11) is 0. The van der Waals surface area contributed by atoms with Crippen molar-refractivity contribution in [3.8, 4) is 0 Å². The first-order valence-electron chi connectivity index (χ1n) is 9.86. The van der Waals surface area contributed by atoms with Crippen LogP contribution in [0.4, 0.5) is 0 Å². The van der Waals surface area contributed by atoms with Gasteiger partial charge in [-0.2, -0.15) is 0 Å². The van der Waals surface area contributed by atoms with Crippen molar-refractivity contribution in [2.24, 2.45) is 5.92 Å². The molecule has 0 atom stereocenters. The van der Waals surface area contributed by atoms with Crippen LogP contribution in [-0.4, -0.2) is 24.1 Å². The molecule has 0 N–H and O–H groups in total. The maximum atomic E-state index is 12.2. The van der Waals surface area contributed by atoms with Gasteiger partial charge >= 0.3 is 0 Å². The molecule has 8 heteroatoms. The lowest BCUT2D eigenvalue weighted by molar-refractivity contribution is 0.336.